The number of nitriles is 1. The van der Waals surface area contributed by atoms with Crippen molar-refractivity contribution in [3.63, 3.8) is 0 Å². The first-order valence-corrected chi connectivity index (χ1v) is 8.54. The van der Waals surface area contributed by atoms with E-state index in [1.165, 1.54) is 18.2 Å². The topological polar surface area (TPSA) is 73.2 Å². The lowest BCUT2D eigenvalue weighted by molar-refractivity contribution is 0.0657. The molecule has 0 saturated heterocycles. The van der Waals surface area contributed by atoms with Crippen LogP contribution in [0.1, 0.15) is 24.8 Å². The highest BCUT2D eigenvalue weighted by molar-refractivity contribution is 7.89. The molecule has 1 fully saturated rings. The zero-order valence-electron chi connectivity index (χ0n) is 12.1. The summed E-state index contributed by atoms with van der Waals surface area (Å²) >= 11 is 5.89. The van der Waals surface area contributed by atoms with E-state index < -0.39 is 10.0 Å². The second-order valence-electron chi connectivity index (χ2n) is 5.55. The molecule has 1 saturated carbocycles. The van der Waals surface area contributed by atoms with E-state index in [-0.39, 0.29) is 21.0 Å². The van der Waals surface area contributed by atoms with Gasteiger partial charge in [-0.1, -0.05) is 11.6 Å². The SMILES string of the molecule is CN(C)C1(CNS(=O)(=O)c2ccc(C#N)c(Cl)c2)CCC1. The second-order valence-corrected chi connectivity index (χ2v) is 7.72. The third kappa shape index (κ3) is 3.22. The molecule has 1 aliphatic carbocycles. The minimum Gasteiger partial charge on any atom is -0.302 e. The molecule has 21 heavy (non-hydrogen) atoms. The van der Waals surface area contributed by atoms with Crippen LogP contribution in [0, 0.1) is 11.3 Å². The summed E-state index contributed by atoms with van der Waals surface area (Å²) in [6.07, 6.45) is 3.08. The van der Waals surface area contributed by atoms with Crippen LogP contribution in [0.25, 0.3) is 0 Å². The average Bonchev–Trinajstić information content (AvgIpc) is 2.36. The highest BCUT2D eigenvalue weighted by Gasteiger charge is 2.39. The van der Waals surface area contributed by atoms with Gasteiger partial charge in [0.15, 0.2) is 0 Å². The zero-order chi connectivity index (χ0) is 15.7. The number of nitrogens with one attached hydrogen (secondary N) is 1. The van der Waals surface area contributed by atoms with Crippen molar-refractivity contribution in [3.8, 4) is 6.07 Å². The molecule has 2 rings (SSSR count). The van der Waals surface area contributed by atoms with Crippen LogP contribution in [0.15, 0.2) is 23.1 Å². The lowest BCUT2D eigenvalue weighted by Crippen LogP contribution is -2.57. The first kappa shape index (κ1) is 16.2. The predicted molar refractivity (Wildman–Crippen MR) is 81.6 cm³/mol. The van der Waals surface area contributed by atoms with Crippen LogP contribution >= 0.6 is 11.6 Å². The van der Waals surface area contributed by atoms with Gasteiger partial charge in [0.25, 0.3) is 0 Å². The fraction of sp³-hybridized carbons (Fsp3) is 0.500. The molecule has 0 unspecified atom stereocenters. The van der Waals surface area contributed by atoms with Gasteiger partial charge in [0.2, 0.25) is 10.0 Å². The number of nitrogens with zero attached hydrogens (tertiary/aromatic N) is 2. The normalized spacial score (nSPS) is 17.3. The van der Waals surface area contributed by atoms with Gasteiger partial charge in [0.1, 0.15) is 6.07 Å². The number of hydrogen-bond donors (Lipinski definition) is 1. The molecule has 7 heteroatoms. The third-order valence-corrected chi connectivity index (χ3v) is 5.91. The number of benzene rings is 1. The van der Waals surface area contributed by atoms with Crippen molar-refractivity contribution in [1.29, 1.82) is 5.26 Å². The van der Waals surface area contributed by atoms with Crippen molar-refractivity contribution in [2.75, 3.05) is 20.6 Å². The summed E-state index contributed by atoms with van der Waals surface area (Å²) < 4.78 is 27.3. The summed E-state index contributed by atoms with van der Waals surface area (Å²) in [6, 6.07) is 6.04. The van der Waals surface area contributed by atoms with Crippen LogP contribution in [-0.2, 0) is 10.0 Å². The predicted octanol–water partition coefficient (Wildman–Crippen LogP) is 1.97. The van der Waals surface area contributed by atoms with E-state index in [0.717, 1.165) is 19.3 Å². The molecule has 0 amide bonds. The third-order valence-electron chi connectivity index (χ3n) is 4.20. The fourth-order valence-corrected chi connectivity index (χ4v) is 3.87. The molecule has 5 nitrogen and oxygen atoms in total. The number of sulfonamides is 1. The van der Waals surface area contributed by atoms with E-state index in [0.29, 0.717) is 6.54 Å². The van der Waals surface area contributed by atoms with Gasteiger partial charge in [-0.3, -0.25) is 0 Å². The molecule has 0 aromatic heterocycles. The lowest BCUT2D eigenvalue weighted by Gasteiger charge is -2.47. The van der Waals surface area contributed by atoms with Gasteiger partial charge in [0.05, 0.1) is 15.5 Å². The average molecular weight is 328 g/mol. The van der Waals surface area contributed by atoms with Crippen LogP contribution in [0.4, 0.5) is 0 Å². The Balaban J connectivity index is 2.16. The molecule has 0 heterocycles. The Morgan fingerprint density at radius 1 is 1.43 bits per heavy atom. The van der Waals surface area contributed by atoms with E-state index in [2.05, 4.69) is 9.62 Å². The number of rotatable bonds is 5. The Hall–Kier alpha value is -1.13. The van der Waals surface area contributed by atoms with Crippen molar-refractivity contribution < 1.29 is 8.42 Å². The van der Waals surface area contributed by atoms with Crippen molar-refractivity contribution in [2.45, 2.75) is 29.7 Å². The summed E-state index contributed by atoms with van der Waals surface area (Å²) in [5, 5.41) is 8.96. The summed E-state index contributed by atoms with van der Waals surface area (Å²) in [4.78, 5) is 2.16. The van der Waals surface area contributed by atoms with Gasteiger partial charge < -0.3 is 4.90 Å². The Morgan fingerprint density at radius 2 is 2.10 bits per heavy atom. The molecular formula is C14H18ClN3O2S. The van der Waals surface area contributed by atoms with Crippen LogP contribution in [-0.4, -0.2) is 39.5 Å². The van der Waals surface area contributed by atoms with Gasteiger partial charge in [-0.05, 0) is 51.6 Å². The van der Waals surface area contributed by atoms with Gasteiger partial charge in [-0.2, -0.15) is 5.26 Å². The van der Waals surface area contributed by atoms with E-state index in [4.69, 9.17) is 16.9 Å². The standard InChI is InChI=1S/C14H18ClN3O2S/c1-18(2)14(6-3-7-14)10-17-21(19,20)12-5-4-11(9-16)13(15)8-12/h4-5,8,17H,3,6-7,10H2,1-2H3. The van der Waals surface area contributed by atoms with Crippen molar-refractivity contribution >= 4 is 21.6 Å². The largest absolute Gasteiger partial charge is 0.302 e. The first-order chi connectivity index (χ1) is 9.81. The minimum absolute atomic E-state index is 0.0831. The lowest BCUT2D eigenvalue weighted by atomic mass is 9.76. The molecular weight excluding hydrogens is 310 g/mol. The monoisotopic (exact) mass is 327 g/mol. The Kier molecular flexibility index (Phi) is 4.59. The molecule has 1 N–H and O–H groups in total. The van der Waals surface area contributed by atoms with Gasteiger partial charge >= 0.3 is 0 Å². The van der Waals surface area contributed by atoms with Gasteiger partial charge in [-0.15, -0.1) is 0 Å². The molecule has 0 spiro atoms. The molecule has 1 aromatic rings. The maximum atomic E-state index is 12.3. The fourth-order valence-electron chi connectivity index (χ4n) is 2.43. The smallest absolute Gasteiger partial charge is 0.240 e. The van der Waals surface area contributed by atoms with Crippen molar-refractivity contribution in [3.05, 3.63) is 28.8 Å². The maximum absolute atomic E-state index is 12.3. The Labute approximate surface area is 130 Å². The maximum Gasteiger partial charge on any atom is 0.240 e. The van der Waals surface area contributed by atoms with Crippen LogP contribution < -0.4 is 4.72 Å². The highest BCUT2D eigenvalue weighted by Crippen LogP contribution is 2.35. The van der Waals surface area contributed by atoms with Crippen LogP contribution in [0.2, 0.25) is 5.02 Å². The Bertz CT molecular complexity index is 676. The number of likely N-dealkylation sites (N-methyl/N-ethyl adjacent to an activating group) is 1. The van der Waals surface area contributed by atoms with E-state index in [1.54, 1.807) is 0 Å². The zero-order valence-corrected chi connectivity index (χ0v) is 13.6. The molecule has 1 aliphatic rings. The molecule has 1 aromatic carbocycles. The van der Waals surface area contributed by atoms with Gasteiger partial charge in [-0.25, -0.2) is 13.1 Å². The summed E-state index contributed by atoms with van der Waals surface area (Å²) in [5.74, 6) is 0. The molecule has 0 aliphatic heterocycles. The molecule has 0 atom stereocenters. The summed E-state index contributed by atoms with van der Waals surface area (Å²) in [7, 11) is 0.307. The summed E-state index contributed by atoms with van der Waals surface area (Å²) in [5.41, 5.74) is 0.170. The molecule has 0 bridgehead atoms. The van der Waals surface area contributed by atoms with Crippen LogP contribution in [0.5, 0.6) is 0 Å². The number of hydrogen-bond acceptors (Lipinski definition) is 4. The summed E-state index contributed by atoms with van der Waals surface area (Å²) in [6.45, 7) is 0.375. The molecule has 0 radical (unpaired) electrons. The number of halogens is 1. The Morgan fingerprint density at radius 3 is 2.52 bits per heavy atom. The van der Waals surface area contributed by atoms with Crippen molar-refractivity contribution in [1.82, 2.24) is 9.62 Å². The van der Waals surface area contributed by atoms with E-state index in [1.807, 2.05) is 20.2 Å². The van der Waals surface area contributed by atoms with E-state index >= 15 is 0 Å². The van der Waals surface area contributed by atoms with E-state index in [9.17, 15) is 8.42 Å². The first-order valence-electron chi connectivity index (χ1n) is 6.67. The van der Waals surface area contributed by atoms with Crippen LogP contribution in [0.3, 0.4) is 0 Å². The minimum atomic E-state index is -3.62. The second kappa shape index (κ2) is 5.93. The molecule has 114 valence electrons. The highest BCUT2D eigenvalue weighted by atomic mass is 35.5. The van der Waals surface area contributed by atoms with Gasteiger partial charge in [0, 0.05) is 12.1 Å². The quantitative estimate of drug-likeness (QED) is 0.897. The van der Waals surface area contributed by atoms with Crippen molar-refractivity contribution in [2.24, 2.45) is 0 Å².